The molecule has 2 N–H and O–H groups in total. The zero-order valence-corrected chi connectivity index (χ0v) is 16.8. The monoisotopic (exact) mass is 460 g/mol. The Morgan fingerprint density at radius 1 is 1.20 bits per heavy atom. The molecular formula is C17H26FIN6. The summed E-state index contributed by atoms with van der Waals surface area (Å²) in [6.07, 6.45) is 6.24. The second-order valence-electron chi connectivity index (χ2n) is 5.47. The van der Waals surface area contributed by atoms with Crippen molar-refractivity contribution < 1.29 is 4.39 Å². The van der Waals surface area contributed by atoms with Crippen LogP contribution in [0, 0.1) is 5.82 Å². The fraction of sp³-hybridized carbons (Fsp3) is 0.471. The van der Waals surface area contributed by atoms with Gasteiger partial charge in [-0.05, 0) is 43.9 Å². The first-order valence-electron chi connectivity index (χ1n) is 8.37. The number of unbranched alkanes of at least 4 members (excludes halogenated alkanes) is 1. The van der Waals surface area contributed by atoms with Gasteiger partial charge in [0.25, 0.3) is 0 Å². The second-order valence-corrected chi connectivity index (χ2v) is 5.47. The summed E-state index contributed by atoms with van der Waals surface area (Å²) in [4.78, 5) is 4.56. The number of hydrogen-bond acceptors (Lipinski definition) is 3. The Kier molecular flexibility index (Phi) is 10.8. The molecule has 0 atom stereocenters. The van der Waals surface area contributed by atoms with Gasteiger partial charge in [0.1, 0.15) is 18.5 Å². The van der Waals surface area contributed by atoms with E-state index in [1.807, 2.05) is 17.6 Å². The minimum atomic E-state index is -0.193. The van der Waals surface area contributed by atoms with Crippen molar-refractivity contribution >= 4 is 29.9 Å². The lowest BCUT2D eigenvalue weighted by molar-refractivity contribution is 0.611. The van der Waals surface area contributed by atoms with Crippen LogP contribution in [0.4, 0.5) is 4.39 Å². The Balaban J connectivity index is 0.00000312. The first-order valence-corrected chi connectivity index (χ1v) is 8.37. The van der Waals surface area contributed by atoms with Gasteiger partial charge < -0.3 is 15.2 Å². The van der Waals surface area contributed by atoms with E-state index in [4.69, 9.17) is 0 Å². The van der Waals surface area contributed by atoms with Crippen molar-refractivity contribution in [1.29, 1.82) is 0 Å². The fourth-order valence-electron chi connectivity index (χ4n) is 2.29. The van der Waals surface area contributed by atoms with Gasteiger partial charge in [-0.15, -0.1) is 34.2 Å². The Labute approximate surface area is 165 Å². The molecule has 0 amide bonds. The zero-order valence-electron chi connectivity index (χ0n) is 14.5. The van der Waals surface area contributed by atoms with Crippen LogP contribution in [-0.2, 0) is 13.0 Å². The summed E-state index contributed by atoms with van der Waals surface area (Å²) in [6, 6.07) is 6.69. The van der Waals surface area contributed by atoms with Crippen LogP contribution in [0.15, 0.2) is 41.9 Å². The molecule has 0 spiro atoms. The van der Waals surface area contributed by atoms with Crippen LogP contribution in [0.25, 0.3) is 0 Å². The van der Waals surface area contributed by atoms with Crippen molar-refractivity contribution in [1.82, 2.24) is 25.4 Å². The molecule has 0 saturated carbocycles. The summed E-state index contributed by atoms with van der Waals surface area (Å²) in [7, 11) is 0. The van der Waals surface area contributed by atoms with Crippen LogP contribution in [0.1, 0.15) is 25.3 Å². The average molecular weight is 460 g/mol. The standard InChI is InChI=1S/C17H25FN6.HI/c1-2-19-17(20-9-3-4-11-24-13-22-23-14-24)21-10-8-15-6-5-7-16(18)12-15;/h5-7,12-14H,2-4,8-11H2,1H3,(H2,19,20,21);1H. The third-order valence-electron chi connectivity index (χ3n) is 3.50. The lowest BCUT2D eigenvalue weighted by Gasteiger charge is -2.11. The van der Waals surface area contributed by atoms with Gasteiger partial charge in [-0.2, -0.15) is 0 Å². The van der Waals surface area contributed by atoms with Crippen LogP contribution in [0.5, 0.6) is 0 Å². The maximum absolute atomic E-state index is 13.1. The predicted molar refractivity (Wildman–Crippen MR) is 109 cm³/mol. The van der Waals surface area contributed by atoms with E-state index < -0.39 is 0 Å². The molecule has 6 nitrogen and oxygen atoms in total. The Morgan fingerprint density at radius 3 is 2.72 bits per heavy atom. The molecule has 1 heterocycles. The van der Waals surface area contributed by atoms with E-state index in [0.29, 0.717) is 0 Å². The van der Waals surface area contributed by atoms with Crippen molar-refractivity contribution in [2.45, 2.75) is 32.7 Å². The van der Waals surface area contributed by atoms with Gasteiger partial charge in [0.05, 0.1) is 0 Å². The molecule has 0 bridgehead atoms. The highest BCUT2D eigenvalue weighted by Crippen LogP contribution is 2.03. The van der Waals surface area contributed by atoms with Gasteiger partial charge >= 0.3 is 0 Å². The third kappa shape index (κ3) is 8.80. The molecule has 0 aliphatic carbocycles. The number of hydrogen-bond donors (Lipinski definition) is 2. The highest BCUT2D eigenvalue weighted by molar-refractivity contribution is 14.0. The number of nitrogens with zero attached hydrogens (tertiary/aromatic N) is 4. The Hall–Kier alpha value is -1.71. The van der Waals surface area contributed by atoms with Gasteiger partial charge in [-0.1, -0.05) is 12.1 Å². The predicted octanol–water partition coefficient (Wildman–Crippen LogP) is 2.61. The van der Waals surface area contributed by atoms with Crippen molar-refractivity contribution in [2.75, 3.05) is 19.6 Å². The quantitative estimate of drug-likeness (QED) is 0.261. The first-order chi connectivity index (χ1) is 11.8. The zero-order chi connectivity index (χ0) is 17.0. The number of nitrogens with one attached hydrogen (secondary N) is 2. The van der Waals surface area contributed by atoms with Gasteiger partial charge in [-0.3, -0.25) is 4.99 Å². The summed E-state index contributed by atoms with van der Waals surface area (Å²) >= 11 is 0. The summed E-state index contributed by atoms with van der Waals surface area (Å²) in [5.41, 5.74) is 0.979. The van der Waals surface area contributed by atoms with Crippen LogP contribution in [0.3, 0.4) is 0 Å². The van der Waals surface area contributed by atoms with Crippen molar-refractivity contribution in [2.24, 2.45) is 4.99 Å². The SMILES string of the molecule is CCNC(=NCCCCn1cnnc1)NCCc1cccc(F)c1.I. The maximum Gasteiger partial charge on any atom is 0.191 e. The molecule has 0 aliphatic rings. The number of guanidine groups is 1. The van der Waals surface area contributed by atoms with E-state index in [-0.39, 0.29) is 29.8 Å². The number of benzene rings is 1. The maximum atomic E-state index is 13.1. The van der Waals surface area contributed by atoms with E-state index in [1.165, 1.54) is 6.07 Å². The number of aromatic nitrogens is 3. The Morgan fingerprint density at radius 2 is 2.00 bits per heavy atom. The van der Waals surface area contributed by atoms with Crippen molar-refractivity contribution in [3.05, 3.63) is 48.3 Å². The number of rotatable bonds is 9. The van der Waals surface area contributed by atoms with E-state index in [9.17, 15) is 4.39 Å². The molecule has 1 aromatic carbocycles. The lowest BCUT2D eigenvalue weighted by Crippen LogP contribution is -2.38. The molecule has 0 aliphatic heterocycles. The summed E-state index contributed by atoms with van der Waals surface area (Å²) in [5, 5.41) is 14.1. The normalized spacial score (nSPS) is 11.0. The topological polar surface area (TPSA) is 67.1 Å². The summed E-state index contributed by atoms with van der Waals surface area (Å²) in [6.45, 7) is 5.24. The summed E-state index contributed by atoms with van der Waals surface area (Å²) < 4.78 is 15.1. The highest BCUT2D eigenvalue weighted by atomic mass is 127. The van der Waals surface area contributed by atoms with E-state index in [1.54, 1.807) is 24.8 Å². The Bertz CT molecular complexity index is 617. The molecular weight excluding hydrogens is 434 g/mol. The molecule has 138 valence electrons. The van der Waals surface area contributed by atoms with Gasteiger partial charge in [0, 0.05) is 26.2 Å². The van der Waals surface area contributed by atoms with Gasteiger partial charge in [-0.25, -0.2) is 4.39 Å². The molecule has 0 radical (unpaired) electrons. The minimum Gasteiger partial charge on any atom is -0.357 e. The van der Waals surface area contributed by atoms with E-state index in [0.717, 1.165) is 57.0 Å². The lowest BCUT2D eigenvalue weighted by atomic mass is 10.1. The smallest absolute Gasteiger partial charge is 0.191 e. The molecule has 0 fully saturated rings. The molecule has 0 unspecified atom stereocenters. The molecule has 2 aromatic rings. The molecule has 2 rings (SSSR count). The fourth-order valence-corrected chi connectivity index (χ4v) is 2.29. The van der Waals surface area contributed by atoms with Crippen molar-refractivity contribution in [3.63, 3.8) is 0 Å². The molecule has 8 heteroatoms. The second kappa shape index (κ2) is 12.6. The third-order valence-corrected chi connectivity index (χ3v) is 3.50. The largest absolute Gasteiger partial charge is 0.357 e. The van der Waals surface area contributed by atoms with E-state index in [2.05, 4.69) is 25.8 Å². The van der Waals surface area contributed by atoms with Gasteiger partial charge in [0.15, 0.2) is 5.96 Å². The summed E-state index contributed by atoms with van der Waals surface area (Å²) in [5.74, 6) is 0.611. The highest BCUT2D eigenvalue weighted by Gasteiger charge is 1.99. The van der Waals surface area contributed by atoms with Crippen molar-refractivity contribution in [3.8, 4) is 0 Å². The number of aliphatic imine (C=N–C) groups is 1. The molecule has 0 saturated heterocycles. The average Bonchev–Trinajstić information content (AvgIpc) is 3.08. The van der Waals surface area contributed by atoms with Gasteiger partial charge in [0.2, 0.25) is 0 Å². The van der Waals surface area contributed by atoms with Crippen LogP contribution in [-0.4, -0.2) is 40.4 Å². The van der Waals surface area contributed by atoms with Crippen LogP contribution in [0.2, 0.25) is 0 Å². The molecule has 25 heavy (non-hydrogen) atoms. The van der Waals surface area contributed by atoms with Crippen LogP contribution >= 0.6 is 24.0 Å². The molecule has 1 aromatic heterocycles. The number of halogens is 2. The first kappa shape index (κ1) is 21.3. The minimum absolute atomic E-state index is 0. The van der Waals surface area contributed by atoms with E-state index >= 15 is 0 Å². The van der Waals surface area contributed by atoms with Crippen LogP contribution < -0.4 is 10.6 Å². The number of aryl methyl sites for hydroxylation is 1.